The van der Waals surface area contributed by atoms with E-state index in [2.05, 4.69) is 47.6 Å². The summed E-state index contributed by atoms with van der Waals surface area (Å²) in [4.78, 5) is 12.7. The number of hydrogen-bond acceptors (Lipinski definition) is 2. The number of carboxylic acid groups (broad SMARTS) is 1. The molecule has 0 aromatic rings. The Balaban J connectivity index is 1.57. The van der Waals surface area contributed by atoms with E-state index < -0.39 is 11.4 Å². The van der Waals surface area contributed by atoms with Gasteiger partial charge in [0.2, 0.25) is 0 Å². The maximum atomic E-state index is 12.7. The van der Waals surface area contributed by atoms with Crippen molar-refractivity contribution in [1.29, 1.82) is 0 Å². The van der Waals surface area contributed by atoms with Gasteiger partial charge in [0, 0.05) is 0 Å². The van der Waals surface area contributed by atoms with Crippen LogP contribution >= 0.6 is 0 Å². The van der Waals surface area contributed by atoms with Gasteiger partial charge >= 0.3 is 5.97 Å². The summed E-state index contributed by atoms with van der Waals surface area (Å²) in [7, 11) is 0. The van der Waals surface area contributed by atoms with E-state index >= 15 is 0 Å². The molecule has 180 valence electrons. The van der Waals surface area contributed by atoms with E-state index in [1.165, 1.54) is 18.4 Å². The topological polar surface area (TPSA) is 57.5 Å². The van der Waals surface area contributed by atoms with Gasteiger partial charge in [-0.1, -0.05) is 53.2 Å². The van der Waals surface area contributed by atoms with Gasteiger partial charge in [0.15, 0.2) is 0 Å². The molecule has 2 N–H and O–H groups in total. The molecule has 3 nitrogen and oxygen atoms in total. The second kappa shape index (κ2) is 7.09. The molecule has 5 aliphatic carbocycles. The third-order valence-electron chi connectivity index (χ3n) is 12.6. The molecule has 0 saturated heterocycles. The van der Waals surface area contributed by atoms with Gasteiger partial charge in [-0.3, -0.25) is 4.79 Å². The Bertz CT molecular complexity index is 828. The predicted octanol–water partition coefficient (Wildman–Crippen LogP) is 6.70. The quantitative estimate of drug-likeness (QED) is 0.444. The van der Waals surface area contributed by atoms with Gasteiger partial charge in [0.1, 0.15) is 0 Å². The van der Waals surface area contributed by atoms with Crippen molar-refractivity contribution < 1.29 is 15.0 Å². The molecule has 0 aromatic heterocycles. The number of rotatable bonds is 1. The van der Waals surface area contributed by atoms with Crippen LogP contribution in [0.25, 0.3) is 0 Å². The van der Waals surface area contributed by atoms with Crippen molar-refractivity contribution in [3.05, 3.63) is 11.6 Å². The summed E-state index contributed by atoms with van der Waals surface area (Å²) in [6, 6.07) is 0. The van der Waals surface area contributed by atoms with E-state index in [4.69, 9.17) is 0 Å². The molecule has 0 bridgehead atoms. The minimum atomic E-state index is -0.540. The molecule has 0 aliphatic heterocycles. The number of carbonyl (C=O) groups is 1. The second-order valence-corrected chi connectivity index (χ2v) is 13.9. The fraction of sp³-hybridized carbons (Fsp3) is 0.897. The van der Waals surface area contributed by atoms with E-state index in [9.17, 15) is 15.0 Å². The largest absolute Gasteiger partial charge is 0.481 e. The van der Waals surface area contributed by atoms with Crippen molar-refractivity contribution >= 4 is 5.97 Å². The standard InChI is InChI=1S/C29H46O3/c1-17-11-14-29(25(31)32)16-15-27(5)19-9-10-22-26(3,4)23(30)12-13-28(22,6)20(19)7-8-21(27)24(29)18(17)2/h8,17-20,22-24,30H,7,9-16H2,1-6H3,(H,31,32)/t17-,18?,19?,20+,22+,23+,24+,27+,28-,29+/m1/s1. The Kier molecular flexibility index (Phi) is 5.08. The van der Waals surface area contributed by atoms with Crippen LogP contribution in [-0.4, -0.2) is 22.3 Å². The summed E-state index contributed by atoms with van der Waals surface area (Å²) >= 11 is 0. The molecular weight excluding hydrogens is 396 g/mol. The predicted molar refractivity (Wildman–Crippen MR) is 128 cm³/mol. The minimum absolute atomic E-state index is 0.0127. The van der Waals surface area contributed by atoms with Crippen LogP contribution in [0, 0.1) is 57.2 Å². The molecule has 4 saturated carbocycles. The van der Waals surface area contributed by atoms with Crippen LogP contribution in [0.3, 0.4) is 0 Å². The van der Waals surface area contributed by atoms with Crippen molar-refractivity contribution in [1.82, 2.24) is 0 Å². The zero-order chi connectivity index (χ0) is 23.3. The maximum Gasteiger partial charge on any atom is 0.310 e. The molecule has 10 atom stereocenters. The highest BCUT2D eigenvalue weighted by Crippen LogP contribution is 2.71. The molecule has 0 spiro atoms. The summed E-state index contributed by atoms with van der Waals surface area (Å²) < 4.78 is 0. The Morgan fingerprint density at radius 2 is 1.66 bits per heavy atom. The molecule has 4 fully saturated rings. The van der Waals surface area contributed by atoms with Crippen LogP contribution in [0.2, 0.25) is 0 Å². The normalized spacial score (nSPS) is 54.3. The number of aliphatic hydroxyl groups is 1. The molecule has 5 rings (SSSR count). The molecule has 5 aliphatic rings. The molecule has 0 radical (unpaired) electrons. The smallest absolute Gasteiger partial charge is 0.310 e. The monoisotopic (exact) mass is 442 g/mol. The Morgan fingerprint density at radius 1 is 0.938 bits per heavy atom. The van der Waals surface area contributed by atoms with Crippen LogP contribution in [0.1, 0.15) is 99.3 Å². The van der Waals surface area contributed by atoms with Gasteiger partial charge in [-0.15, -0.1) is 0 Å². The number of aliphatic hydroxyl groups excluding tert-OH is 1. The van der Waals surface area contributed by atoms with E-state index in [0.29, 0.717) is 29.6 Å². The third kappa shape index (κ3) is 2.72. The van der Waals surface area contributed by atoms with Crippen molar-refractivity contribution in [2.24, 2.45) is 57.2 Å². The van der Waals surface area contributed by atoms with E-state index in [1.807, 2.05) is 0 Å². The average Bonchev–Trinajstić information content (AvgIpc) is 2.73. The first-order valence-electron chi connectivity index (χ1n) is 13.5. The van der Waals surface area contributed by atoms with Crippen LogP contribution in [0.5, 0.6) is 0 Å². The molecule has 32 heavy (non-hydrogen) atoms. The zero-order valence-corrected chi connectivity index (χ0v) is 21.3. The average molecular weight is 443 g/mol. The van der Waals surface area contributed by atoms with Crippen LogP contribution < -0.4 is 0 Å². The fourth-order valence-electron chi connectivity index (χ4n) is 10.4. The van der Waals surface area contributed by atoms with Crippen molar-refractivity contribution in [2.45, 2.75) is 105 Å². The molecule has 3 heteroatoms. The van der Waals surface area contributed by atoms with E-state index in [-0.39, 0.29) is 28.3 Å². The first-order valence-corrected chi connectivity index (χ1v) is 13.5. The summed E-state index contributed by atoms with van der Waals surface area (Å²) in [5.74, 6) is 2.61. The van der Waals surface area contributed by atoms with Gasteiger partial charge in [0.05, 0.1) is 11.5 Å². The highest BCUT2D eigenvalue weighted by atomic mass is 16.4. The lowest BCUT2D eigenvalue weighted by molar-refractivity contribution is -0.178. The van der Waals surface area contributed by atoms with E-state index in [1.54, 1.807) is 0 Å². The summed E-state index contributed by atoms with van der Waals surface area (Å²) in [6.07, 6.45) is 11.8. The number of allylic oxidation sites excluding steroid dienone is 2. The van der Waals surface area contributed by atoms with Gasteiger partial charge in [-0.05, 0) is 110 Å². The second-order valence-electron chi connectivity index (χ2n) is 13.9. The highest BCUT2D eigenvalue weighted by molar-refractivity contribution is 5.76. The van der Waals surface area contributed by atoms with Crippen molar-refractivity contribution in [2.75, 3.05) is 0 Å². The van der Waals surface area contributed by atoms with Crippen molar-refractivity contribution in [3.63, 3.8) is 0 Å². The van der Waals surface area contributed by atoms with Crippen LogP contribution in [0.15, 0.2) is 11.6 Å². The number of fused-ring (bicyclic) bond motifs is 7. The first kappa shape index (κ1) is 22.9. The van der Waals surface area contributed by atoms with E-state index in [0.717, 1.165) is 44.9 Å². The molecule has 2 unspecified atom stereocenters. The molecular formula is C29H46O3. The third-order valence-corrected chi connectivity index (χ3v) is 12.6. The number of carboxylic acids is 1. The minimum Gasteiger partial charge on any atom is -0.481 e. The first-order chi connectivity index (χ1) is 14.9. The highest BCUT2D eigenvalue weighted by Gasteiger charge is 2.65. The van der Waals surface area contributed by atoms with Gasteiger partial charge in [0.25, 0.3) is 0 Å². The number of aliphatic carboxylic acids is 1. The maximum absolute atomic E-state index is 12.7. The van der Waals surface area contributed by atoms with Crippen molar-refractivity contribution in [3.8, 4) is 0 Å². The van der Waals surface area contributed by atoms with Crippen LogP contribution in [0.4, 0.5) is 0 Å². The lowest BCUT2D eigenvalue weighted by Gasteiger charge is -2.67. The van der Waals surface area contributed by atoms with Gasteiger partial charge in [-0.25, -0.2) is 0 Å². The number of hydrogen-bond donors (Lipinski definition) is 2. The Hall–Kier alpha value is -0.830. The van der Waals surface area contributed by atoms with Crippen LogP contribution in [-0.2, 0) is 4.79 Å². The molecule has 0 aromatic carbocycles. The fourth-order valence-corrected chi connectivity index (χ4v) is 10.4. The molecule has 0 heterocycles. The summed E-state index contributed by atoms with van der Waals surface area (Å²) in [5, 5.41) is 21.3. The lowest BCUT2D eigenvalue weighted by atomic mass is 9.37. The lowest BCUT2D eigenvalue weighted by Crippen LogP contribution is -2.61. The zero-order valence-electron chi connectivity index (χ0n) is 21.3. The Labute approximate surface area is 195 Å². The molecule has 0 amide bonds. The summed E-state index contributed by atoms with van der Waals surface area (Å²) in [6.45, 7) is 14.3. The summed E-state index contributed by atoms with van der Waals surface area (Å²) in [5.41, 5.74) is 1.41. The van der Waals surface area contributed by atoms with Gasteiger partial charge < -0.3 is 10.2 Å². The SMILES string of the molecule is CC1[C@H](C)CC[C@]2(C(=O)O)CC[C@]3(C)C(=CC[C@H]4C3CC[C@H]3C(C)(C)[C@@H](O)CC[C@]43C)[C@H]12. The Morgan fingerprint density at radius 3 is 2.34 bits per heavy atom. The van der Waals surface area contributed by atoms with Gasteiger partial charge in [-0.2, -0.15) is 0 Å².